The van der Waals surface area contributed by atoms with Crippen molar-refractivity contribution < 1.29 is 8.42 Å². The first-order valence-electron chi connectivity index (χ1n) is 4.54. The van der Waals surface area contributed by atoms with Crippen LogP contribution in [0.2, 0.25) is 0 Å². The quantitative estimate of drug-likeness (QED) is 0.688. The number of hydrogen-bond donors (Lipinski definition) is 1. The molecule has 2 aliphatic rings. The van der Waals surface area contributed by atoms with Crippen molar-refractivity contribution in [1.29, 1.82) is 0 Å². The fourth-order valence-electron chi connectivity index (χ4n) is 2.03. The van der Waals surface area contributed by atoms with Crippen LogP contribution in [0.5, 0.6) is 0 Å². The van der Waals surface area contributed by atoms with E-state index >= 15 is 0 Å². The molecule has 0 spiro atoms. The van der Waals surface area contributed by atoms with E-state index in [1.54, 1.807) is 0 Å². The SMILES string of the molecule is CNC(C1CC1)C1CCS1(=O)=O. The van der Waals surface area contributed by atoms with Gasteiger partial charge in [0, 0.05) is 6.04 Å². The zero-order chi connectivity index (χ0) is 8.77. The molecule has 2 atom stereocenters. The van der Waals surface area contributed by atoms with Crippen molar-refractivity contribution in [3.8, 4) is 0 Å². The second kappa shape index (κ2) is 2.70. The highest BCUT2D eigenvalue weighted by Gasteiger charge is 2.46. The Morgan fingerprint density at radius 1 is 1.33 bits per heavy atom. The molecule has 1 saturated heterocycles. The van der Waals surface area contributed by atoms with E-state index < -0.39 is 9.84 Å². The topological polar surface area (TPSA) is 46.2 Å². The van der Waals surface area contributed by atoms with E-state index in [-0.39, 0.29) is 11.3 Å². The molecule has 0 aromatic rings. The van der Waals surface area contributed by atoms with E-state index in [0.29, 0.717) is 11.7 Å². The average Bonchev–Trinajstić information content (AvgIpc) is 2.80. The largest absolute Gasteiger partial charge is 0.315 e. The molecule has 0 aromatic heterocycles. The van der Waals surface area contributed by atoms with E-state index in [4.69, 9.17) is 0 Å². The van der Waals surface area contributed by atoms with Gasteiger partial charge in [-0.2, -0.15) is 0 Å². The van der Waals surface area contributed by atoms with Crippen molar-refractivity contribution in [3.63, 3.8) is 0 Å². The highest BCUT2D eigenvalue weighted by Crippen LogP contribution is 2.39. The Morgan fingerprint density at radius 3 is 2.25 bits per heavy atom. The molecule has 3 nitrogen and oxygen atoms in total. The number of rotatable bonds is 3. The van der Waals surface area contributed by atoms with Crippen LogP contribution in [0.1, 0.15) is 19.3 Å². The van der Waals surface area contributed by atoms with Crippen LogP contribution in [0.3, 0.4) is 0 Å². The third-order valence-corrected chi connectivity index (χ3v) is 5.27. The second-order valence-electron chi connectivity index (χ2n) is 3.85. The summed E-state index contributed by atoms with van der Waals surface area (Å²) in [7, 11) is -0.829. The van der Waals surface area contributed by atoms with Crippen LogP contribution in [0.4, 0.5) is 0 Å². The van der Waals surface area contributed by atoms with Crippen LogP contribution in [-0.4, -0.2) is 32.5 Å². The summed E-state index contributed by atoms with van der Waals surface area (Å²) in [6.45, 7) is 0. The molecule has 1 aliphatic carbocycles. The molecule has 1 N–H and O–H groups in total. The van der Waals surface area contributed by atoms with E-state index in [2.05, 4.69) is 5.32 Å². The van der Waals surface area contributed by atoms with Crippen molar-refractivity contribution in [2.45, 2.75) is 30.6 Å². The van der Waals surface area contributed by atoms with Crippen molar-refractivity contribution in [1.82, 2.24) is 5.32 Å². The van der Waals surface area contributed by atoms with Gasteiger partial charge in [-0.05, 0) is 32.2 Å². The molecule has 0 radical (unpaired) electrons. The summed E-state index contributed by atoms with van der Waals surface area (Å²) >= 11 is 0. The van der Waals surface area contributed by atoms with Crippen molar-refractivity contribution >= 4 is 9.84 Å². The standard InChI is InChI=1S/C8H15NO2S/c1-9-8(6-2-3-6)7-4-5-12(7,10)11/h6-9H,2-5H2,1H3. The van der Waals surface area contributed by atoms with Crippen LogP contribution in [0.15, 0.2) is 0 Å². The Morgan fingerprint density at radius 2 is 2.00 bits per heavy atom. The summed E-state index contributed by atoms with van der Waals surface area (Å²) in [5.41, 5.74) is 0. The molecule has 0 aromatic carbocycles. The summed E-state index contributed by atoms with van der Waals surface area (Å²) < 4.78 is 22.6. The molecular weight excluding hydrogens is 174 g/mol. The predicted octanol–water partition coefficient (Wildman–Crippen LogP) is 0.171. The molecular formula is C8H15NO2S. The van der Waals surface area contributed by atoms with E-state index in [9.17, 15) is 8.42 Å². The normalized spacial score (nSPS) is 35.6. The van der Waals surface area contributed by atoms with Crippen LogP contribution in [-0.2, 0) is 9.84 Å². The minimum Gasteiger partial charge on any atom is -0.315 e. The Labute approximate surface area is 73.5 Å². The van der Waals surface area contributed by atoms with Gasteiger partial charge in [-0.1, -0.05) is 0 Å². The smallest absolute Gasteiger partial charge is 0.154 e. The third-order valence-electron chi connectivity index (χ3n) is 3.01. The maximum absolute atomic E-state index is 11.3. The molecule has 12 heavy (non-hydrogen) atoms. The summed E-state index contributed by atoms with van der Waals surface area (Å²) in [5, 5.41) is 3.07. The van der Waals surface area contributed by atoms with Crippen molar-refractivity contribution in [2.24, 2.45) is 5.92 Å². The van der Waals surface area contributed by atoms with Gasteiger partial charge in [0.15, 0.2) is 9.84 Å². The third kappa shape index (κ3) is 1.27. The van der Waals surface area contributed by atoms with Crippen LogP contribution >= 0.6 is 0 Å². The summed E-state index contributed by atoms with van der Waals surface area (Å²) in [6, 6.07) is 0.240. The fourth-order valence-corrected chi connectivity index (χ4v) is 3.73. The number of sulfone groups is 1. The Balaban J connectivity index is 2.06. The van der Waals surface area contributed by atoms with Gasteiger partial charge in [-0.15, -0.1) is 0 Å². The Hall–Kier alpha value is -0.0900. The first-order chi connectivity index (χ1) is 5.65. The van der Waals surface area contributed by atoms with Gasteiger partial charge in [-0.25, -0.2) is 8.42 Å². The molecule has 0 amide bonds. The van der Waals surface area contributed by atoms with E-state index in [1.165, 1.54) is 12.8 Å². The van der Waals surface area contributed by atoms with Crippen molar-refractivity contribution in [3.05, 3.63) is 0 Å². The highest BCUT2D eigenvalue weighted by atomic mass is 32.2. The summed E-state index contributed by atoms with van der Waals surface area (Å²) in [5.74, 6) is 1.04. The van der Waals surface area contributed by atoms with Gasteiger partial charge in [0.2, 0.25) is 0 Å². The number of hydrogen-bond acceptors (Lipinski definition) is 3. The molecule has 1 aliphatic heterocycles. The predicted molar refractivity (Wildman–Crippen MR) is 47.8 cm³/mol. The van der Waals surface area contributed by atoms with E-state index in [1.807, 2.05) is 7.05 Å². The second-order valence-corrected chi connectivity index (χ2v) is 6.19. The minimum absolute atomic E-state index is 0.0741. The molecule has 2 unspecified atom stereocenters. The van der Waals surface area contributed by atoms with Gasteiger partial charge in [0.1, 0.15) is 0 Å². The zero-order valence-corrected chi connectivity index (χ0v) is 8.10. The molecule has 4 heteroatoms. The zero-order valence-electron chi connectivity index (χ0n) is 7.29. The first kappa shape index (κ1) is 8.51. The lowest BCUT2D eigenvalue weighted by Gasteiger charge is -2.33. The molecule has 70 valence electrons. The van der Waals surface area contributed by atoms with Crippen LogP contribution in [0.25, 0.3) is 0 Å². The molecule has 0 bridgehead atoms. The average molecular weight is 189 g/mol. The molecule has 1 heterocycles. The summed E-state index contributed by atoms with van der Waals surface area (Å²) in [4.78, 5) is 0. The monoisotopic (exact) mass is 189 g/mol. The van der Waals surface area contributed by atoms with Crippen molar-refractivity contribution in [2.75, 3.05) is 12.8 Å². The fraction of sp³-hybridized carbons (Fsp3) is 1.00. The Kier molecular flexibility index (Phi) is 1.92. The maximum atomic E-state index is 11.3. The molecule has 2 fully saturated rings. The van der Waals surface area contributed by atoms with Gasteiger partial charge >= 0.3 is 0 Å². The van der Waals surface area contributed by atoms with E-state index in [0.717, 1.165) is 6.42 Å². The molecule has 1 saturated carbocycles. The number of nitrogens with one attached hydrogen (secondary N) is 1. The minimum atomic E-state index is -2.70. The summed E-state index contributed by atoms with van der Waals surface area (Å²) in [6.07, 6.45) is 3.28. The van der Waals surface area contributed by atoms with Crippen LogP contribution in [0, 0.1) is 5.92 Å². The van der Waals surface area contributed by atoms with Gasteiger partial charge in [-0.3, -0.25) is 0 Å². The lowest BCUT2D eigenvalue weighted by atomic mass is 10.1. The maximum Gasteiger partial charge on any atom is 0.154 e. The molecule has 2 rings (SSSR count). The lowest BCUT2D eigenvalue weighted by Crippen LogP contribution is -2.51. The first-order valence-corrected chi connectivity index (χ1v) is 6.25. The highest BCUT2D eigenvalue weighted by molar-refractivity contribution is 7.93. The Bertz CT molecular complexity index is 269. The lowest BCUT2D eigenvalue weighted by molar-refractivity contribution is 0.429. The van der Waals surface area contributed by atoms with Crippen LogP contribution < -0.4 is 5.32 Å². The van der Waals surface area contributed by atoms with Gasteiger partial charge in [0.25, 0.3) is 0 Å². The van der Waals surface area contributed by atoms with Gasteiger partial charge < -0.3 is 5.32 Å². The van der Waals surface area contributed by atoms with Gasteiger partial charge in [0.05, 0.1) is 11.0 Å².